The van der Waals surface area contributed by atoms with Gasteiger partial charge in [0.15, 0.2) is 5.11 Å². The van der Waals surface area contributed by atoms with Crippen molar-refractivity contribution in [3.8, 4) is 11.3 Å². The standard InChI is InChI=1S/C25H28N6O3S/c26-12-5-2-6-13-29-23(32)15-22(24-27-16-21(28-24)19-9-3-1-4-10-19)30(25(29)35)17-18-8-7-11-20(14-18)31(33)34/h1,3-4,7-11,14,16,22H,2,5-6,12-13,15,17,26H2,(H,27,28). The highest BCUT2D eigenvalue weighted by molar-refractivity contribution is 7.80. The number of hydrogen-bond donors (Lipinski definition) is 2. The minimum absolute atomic E-state index is 0.0149. The number of nitro groups is 1. The molecule has 35 heavy (non-hydrogen) atoms. The molecule has 2 aromatic carbocycles. The Balaban J connectivity index is 1.63. The molecule has 2 heterocycles. The van der Waals surface area contributed by atoms with Crippen molar-refractivity contribution in [2.45, 2.75) is 38.3 Å². The second-order valence-electron chi connectivity index (χ2n) is 8.50. The molecule has 0 saturated carbocycles. The summed E-state index contributed by atoms with van der Waals surface area (Å²) < 4.78 is 0. The number of imidazole rings is 1. The van der Waals surface area contributed by atoms with E-state index in [4.69, 9.17) is 18.0 Å². The summed E-state index contributed by atoms with van der Waals surface area (Å²) in [5.41, 5.74) is 8.18. The topological polar surface area (TPSA) is 121 Å². The number of unbranched alkanes of at least 4 members (excludes halogenated alkanes) is 2. The Bertz CT molecular complexity index is 1200. The highest BCUT2D eigenvalue weighted by Crippen LogP contribution is 2.33. The number of thiocarbonyl (C=S) groups is 1. The summed E-state index contributed by atoms with van der Waals surface area (Å²) in [6.45, 7) is 1.45. The number of nitrogens with one attached hydrogen (secondary N) is 1. The van der Waals surface area contributed by atoms with Crippen LogP contribution in [0.2, 0.25) is 0 Å². The van der Waals surface area contributed by atoms with E-state index in [1.807, 2.05) is 41.3 Å². The van der Waals surface area contributed by atoms with Gasteiger partial charge >= 0.3 is 0 Å². The van der Waals surface area contributed by atoms with E-state index in [0.29, 0.717) is 30.6 Å². The van der Waals surface area contributed by atoms with Crippen LogP contribution in [0.5, 0.6) is 0 Å². The van der Waals surface area contributed by atoms with E-state index in [2.05, 4.69) is 9.97 Å². The Morgan fingerprint density at radius 3 is 2.69 bits per heavy atom. The van der Waals surface area contributed by atoms with Gasteiger partial charge in [0.2, 0.25) is 5.91 Å². The molecule has 0 aliphatic carbocycles. The molecular formula is C25H28N6O3S. The van der Waals surface area contributed by atoms with Gasteiger partial charge in [-0.1, -0.05) is 48.9 Å². The summed E-state index contributed by atoms with van der Waals surface area (Å²) in [5.74, 6) is 0.577. The molecule has 182 valence electrons. The fourth-order valence-corrected chi connectivity index (χ4v) is 4.63. The lowest BCUT2D eigenvalue weighted by molar-refractivity contribution is -0.384. The minimum Gasteiger partial charge on any atom is -0.340 e. The molecule has 0 bridgehead atoms. The van der Waals surface area contributed by atoms with E-state index in [1.165, 1.54) is 6.07 Å². The molecule has 1 fully saturated rings. The number of nitrogens with two attached hydrogens (primary N) is 1. The van der Waals surface area contributed by atoms with Crippen molar-refractivity contribution in [1.82, 2.24) is 19.8 Å². The van der Waals surface area contributed by atoms with Crippen LogP contribution >= 0.6 is 12.2 Å². The molecule has 3 aromatic rings. The van der Waals surface area contributed by atoms with Gasteiger partial charge in [0.1, 0.15) is 5.82 Å². The Hall–Kier alpha value is -3.63. The molecule has 9 nitrogen and oxygen atoms in total. The van der Waals surface area contributed by atoms with Gasteiger partial charge in [0.05, 0.1) is 29.3 Å². The number of aromatic nitrogens is 2. The second kappa shape index (κ2) is 11.2. The summed E-state index contributed by atoms with van der Waals surface area (Å²) >= 11 is 5.80. The zero-order chi connectivity index (χ0) is 24.8. The van der Waals surface area contributed by atoms with Crippen molar-refractivity contribution in [3.63, 3.8) is 0 Å². The van der Waals surface area contributed by atoms with Crippen molar-refractivity contribution in [2.75, 3.05) is 13.1 Å². The van der Waals surface area contributed by atoms with Crippen LogP contribution < -0.4 is 5.73 Å². The van der Waals surface area contributed by atoms with Gasteiger partial charge in [-0.05, 0) is 42.7 Å². The van der Waals surface area contributed by atoms with E-state index < -0.39 is 11.0 Å². The van der Waals surface area contributed by atoms with Crippen molar-refractivity contribution < 1.29 is 9.72 Å². The first-order valence-electron chi connectivity index (χ1n) is 11.6. The van der Waals surface area contributed by atoms with Crippen LogP contribution in [-0.2, 0) is 11.3 Å². The first kappa shape index (κ1) is 24.5. The predicted molar refractivity (Wildman–Crippen MR) is 137 cm³/mol. The lowest BCUT2D eigenvalue weighted by atomic mass is 10.1. The molecule has 1 aliphatic heterocycles. The van der Waals surface area contributed by atoms with Crippen LogP contribution in [-0.4, -0.2) is 48.8 Å². The Morgan fingerprint density at radius 2 is 1.94 bits per heavy atom. The quantitative estimate of drug-likeness (QED) is 0.188. The molecule has 1 aliphatic rings. The summed E-state index contributed by atoms with van der Waals surface area (Å²) in [6.07, 6.45) is 4.56. The molecule has 1 unspecified atom stereocenters. The molecule has 1 aromatic heterocycles. The predicted octanol–water partition coefficient (Wildman–Crippen LogP) is 4.17. The Kier molecular flexibility index (Phi) is 7.84. The van der Waals surface area contributed by atoms with E-state index in [-0.39, 0.29) is 18.0 Å². The molecule has 10 heteroatoms. The summed E-state index contributed by atoms with van der Waals surface area (Å²) in [7, 11) is 0. The molecular weight excluding hydrogens is 464 g/mol. The number of non-ortho nitro benzene ring substituents is 1. The van der Waals surface area contributed by atoms with Crippen LogP contribution in [0.1, 0.15) is 43.1 Å². The van der Waals surface area contributed by atoms with Crippen LogP contribution in [0.25, 0.3) is 11.3 Å². The fraction of sp³-hybridized carbons (Fsp3) is 0.320. The minimum atomic E-state index is -0.415. The number of aromatic amines is 1. The van der Waals surface area contributed by atoms with E-state index >= 15 is 0 Å². The van der Waals surface area contributed by atoms with Gasteiger partial charge in [-0.15, -0.1) is 0 Å². The number of rotatable bonds is 10. The molecule has 1 atom stereocenters. The van der Waals surface area contributed by atoms with Crippen LogP contribution in [0.3, 0.4) is 0 Å². The number of hydrogen-bond acceptors (Lipinski definition) is 6. The Labute approximate surface area is 209 Å². The third kappa shape index (κ3) is 5.72. The van der Waals surface area contributed by atoms with Crippen molar-refractivity contribution in [2.24, 2.45) is 5.73 Å². The number of carbonyl (C=O) groups is 1. The molecule has 3 N–H and O–H groups in total. The zero-order valence-corrected chi connectivity index (χ0v) is 20.1. The van der Waals surface area contributed by atoms with Crippen molar-refractivity contribution >= 4 is 28.9 Å². The van der Waals surface area contributed by atoms with Gasteiger partial charge in [-0.2, -0.15) is 0 Å². The van der Waals surface area contributed by atoms with Gasteiger partial charge < -0.3 is 15.6 Å². The number of H-pyrrole nitrogens is 1. The van der Waals surface area contributed by atoms with Crippen LogP contribution in [0.4, 0.5) is 5.69 Å². The lowest BCUT2D eigenvalue weighted by Gasteiger charge is -2.42. The number of amides is 1. The lowest BCUT2D eigenvalue weighted by Crippen LogP contribution is -2.53. The first-order chi connectivity index (χ1) is 17.0. The molecule has 1 amide bonds. The molecule has 0 radical (unpaired) electrons. The number of nitrogens with zero attached hydrogens (tertiary/aromatic N) is 4. The number of nitro benzene ring substituents is 1. The Morgan fingerprint density at radius 1 is 1.14 bits per heavy atom. The monoisotopic (exact) mass is 492 g/mol. The maximum Gasteiger partial charge on any atom is 0.269 e. The van der Waals surface area contributed by atoms with Crippen LogP contribution in [0.15, 0.2) is 60.8 Å². The average Bonchev–Trinajstić information content (AvgIpc) is 3.36. The average molecular weight is 493 g/mol. The van der Waals surface area contributed by atoms with Gasteiger partial charge in [-0.25, -0.2) is 4.98 Å². The summed E-state index contributed by atoms with van der Waals surface area (Å²) in [6, 6.07) is 15.9. The van der Waals surface area contributed by atoms with Crippen LogP contribution in [0, 0.1) is 10.1 Å². The highest BCUT2D eigenvalue weighted by atomic mass is 32.1. The first-order valence-corrected chi connectivity index (χ1v) is 12.0. The van der Waals surface area contributed by atoms with E-state index in [9.17, 15) is 14.9 Å². The van der Waals surface area contributed by atoms with Gasteiger partial charge in [0.25, 0.3) is 5.69 Å². The highest BCUT2D eigenvalue weighted by Gasteiger charge is 2.38. The van der Waals surface area contributed by atoms with Gasteiger partial charge in [-0.3, -0.25) is 19.8 Å². The third-order valence-electron chi connectivity index (χ3n) is 6.08. The largest absolute Gasteiger partial charge is 0.340 e. The summed E-state index contributed by atoms with van der Waals surface area (Å²) in [5, 5.41) is 11.7. The van der Waals surface area contributed by atoms with Gasteiger partial charge in [0, 0.05) is 25.2 Å². The second-order valence-corrected chi connectivity index (χ2v) is 8.87. The number of carbonyl (C=O) groups excluding carboxylic acids is 1. The molecule has 4 rings (SSSR count). The molecule has 1 saturated heterocycles. The smallest absolute Gasteiger partial charge is 0.269 e. The van der Waals surface area contributed by atoms with E-state index in [0.717, 1.165) is 36.1 Å². The maximum absolute atomic E-state index is 13.1. The number of benzene rings is 2. The third-order valence-corrected chi connectivity index (χ3v) is 6.53. The van der Waals surface area contributed by atoms with E-state index in [1.54, 1.807) is 23.2 Å². The van der Waals surface area contributed by atoms with Crippen molar-refractivity contribution in [1.29, 1.82) is 0 Å². The maximum atomic E-state index is 13.1. The van der Waals surface area contributed by atoms with Crippen molar-refractivity contribution in [3.05, 3.63) is 82.3 Å². The fourth-order valence-electron chi connectivity index (χ4n) is 4.25. The molecule has 0 spiro atoms. The SMILES string of the molecule is NCCCCCN1C(=O)CC(c2ncc(-c3ccccc3)[nH]2)N(Cc2cccc([N+](=O)[O-])c2)C1=S. The normalized spacial score (nSPS) is 16.1. The summed E-state index contributed by atoms with van der Waals surface area (Å²) in [4.78, 5) is 35.5. The zero-order valence-electron chi connectivity index (χ0n) is 19.3.